The van der Waals surface area contributed by atoms with Gasteiger partial charge in [0.15, 0.2) is 0 Å². The van der Waals surface area contributed by atoms with Gasteiger partial charge in [-0.05, 0) is 86.5 Å². The Balaban J connectivity index is 2.13. The van der Waals surface area contributed by atoms with Gasteiger partial charge in [0.05, 0.1) is 2.88 Å². The van der Waals surface area contributed by atoms with Gasteiger partial charge in [-0.3, -0.25) is 4.98 Å². The van der Waals surface area contributed by atoms with Crippen molar-refractivity contribution in [3.8, 4) is 0 Å². The molecule has 0 aliphatic heterocycles. The second kappa shape index (κ2) is 7.71. The number of aromatic nitrogens is 1. The van der Waals surface area contributed by atoms with Crippen LogP contribution in [0.2, 0.25) is 0 Å². The topological polar surface area (TPSA) is 24.9 Å². The van der Waals surface area contributed by atoms with Gasteiger partial charge in [-0.15, -0.1) is 11.3 Å². The lowest BCUT2D eigenvalue weighted by atomic mass is 10.0. The zero-order chi connectivity index (χ0) is 13.7. The van der Waals surface area contributed by atoms with Crippen LogP contribution >= 0.6 is 49.9 Å². The van der Waals surface area contributed by atoms with E-state index in [-0.39, 0.29) is 0 Å². The number of thiophene rings is 1. The van der Waals surface area contributed by atoms with Crippen molar-refractivity contribution in [1.29, 1.82) is 0 Å². The van der Waals surface area contributed by atoms with Crippen LogP contribution in [0.1, 0.15) is 30.5 Å². The minimum atomic E-state index is 0.371. The third-order valence-corrected chi connectivity index (χ3v) is 5.07. The van der Waals surface area contributed by atoms with Crippen LogP contribution < -0.4 is 5.32 Å². The lowest BCUT2D eigenvalue weighted by molar-refractivity contribution is 0.530. The van der Waals surface area contributed by atoms with E-state index >= 15 is 0 Å². The van der Waals surface area contributed by atoms with Crippen LogP contribution in [0.4, 0.5) is 0 Å². The Hall–Kier alpha value is 0.0200. The SMILES string of the molecule is CCCNC(Cc1cncc(Br)c1)c1csc(I)c1. The number of rotatable bonds is 6. The van der Waals surface area contributed by atoms with Crippen molar-refractivity contribution in [3.63, 3.8) is 0 Å². The van der Waals surface area contributed by atoms with Crippen molar-refractivity contribution in [3.05, 3.63) is 48.4 Å². The third-order valence-electron chi connectivity index (χ3n) is 2.83. The predicted octanol–water partition coefficient (Wildman–Crippen LogP) is 4.79. The van der Waals surface area contributed by atoms with Gasteiger partial charge >= 0.3 is 0 Å². The number of nitrogens with zero attached hydrogens (tertiary/aromatic N) is 1. The fraction of sp³-hybridized carbons (Fsp3) is 0.357. The van der Waals surface area contributed by atoms with E-state index in [1.54, 1.807) is 11.3 Å². The molecule has 0 aromatic carbocycles. The highest BCUT2D eigenvalue weighted by Crippen LogP contribution is 2.25. The fourth-order valence-electron chi connectivity index (χ4n) is 1.94. The van der Waals surface area contributed by atoms with E-state index in [2.05, 4.69) is 73.3 Å². The molecule has 1 unspecified atom stereocenters. The van der Waals surface area contributed by atoms with Gasteiger partial charge < -0.3 is 5.32 Å². The first-order valence-electron chi connectivity index (χ1n) is 6.25. The van der Waals surface area contributed by atoms with Crippen molar-refractivity contribution < 1.29 is 0 Å². The van der Waals surface area contributed by atoms with E-state index < -0.39 is 0 Å². The van der Waals surface area contributed by atoms with Crippen molar-refractivity contribution >= 4 is 49.9 Å². The number of pyridine rings is 1. The van der Waals surface area contributed by atoms with Gasteiger partial charge in [-0.25, -0.2) is 0 Å². The summed E-state index contributed by atoms with van der Waals surface area (Å²) >= 11 is 7.66. The van der Waals surface area contributed by atoms with Gasteiger partial charge in [0.1, 0.15) is 0 Å². The van der Waals surface area contributed by atoms with Crippen LogP contribution in [0.25, 0.3) is 0 Å². The molecule has 0 amide bonds. The summed E-state index contributed by atoms with van der Waals surface area (Å²) in [5.74, 6) is 0. The summed E-state index contributed by atoms with van der Waals surface area (Å²) in [6, 6.07) is 4.78. The minimum absolute atomic E-state index is 0.371. The molecule has 102 valence electrons. The largest absolute Gasteiger partial charge is 0.310 e. The second-order valence-corrected chi connectivity index (χ2v) is 8.13. The van der Waals surface area contributed by atoms with E-state index in [1.165, 1.54) is 14.0 Å². The van der Waals surface area contributed by atoms with Crippen molar-refractivity contribution in [2.24, 2.45) is 0 Å². The van der Waals surface area contributed by atoms with Crippen molar-refractivity contribution in [2.75, 3.05) is 6.54 Å². The molecule has 2 nitrogen and oxygen atoms in total. The smallest absolute Gasteiger partial charge is 0.0656 e. The van der Waals surface area contributed by atoms with Crippen LogP contribution in [0.3, 0.4) is 0 Å². The molecule has 0 bridgehead atoms. The van der Waals surface area contributed by atoms with Crippen LogP contribution in [-0.4, -0.2) is 11.5 Å². The normalized spacial score (nSPS) is 12.6. The highest BCUT2D eigenvalue weighted by atomic mass is 127. The lowest BCUT2D eigenvalue weighted by Gasteiger charge is -2.17. The highest BCUT2D eigenvalue weighted by Gasteiger charge is 2.13. The molecule has 0 radical (unpaired) electrons. The first kappa shape index (κ1) is 15.4. The Kier molecular flexibility index (Phi) is 6.25. The standard InChI is InChI=1S/C14H16BrIN2S/c1-2-3-18-13(11-6-14(16)19-9-11)5-10-4-12(15)8-17-7-10/h4,6-9,13,18H,2-3,5H2,1H3. The Morgan fingerprint density at radius 2 is 2.26 bits per heavy atom. The van der Waals surface area contributed by atoms with E-state index in [4.69, 9.17) is 0 Å². The molecule has 1 atom stereocenters. The van der Waals surface area contributed by atoms with Gasteiger partial charge in [0.2, 0.25) is 0 Å². The molecule has 2 heterocycles. The highest BCUT2D eigenvalue weighted by molar-refractivity contribution is 14.1. The first-order chi connectivity index (χ1) is 9.19. The minimum Gasteiger partial charge on any atom is -0.310 e. The third kappa shape index (κ3) is 4.81. The zero-order valence-corrected chi connectivity index (χ0v) is 15.3. The first-order valence-corrected chi connectivity index (χ1v) is 9.01. The Morgan fingerprint density at radius 3 is 2.89 bits per heavy atom. The molecule has 2 aromatic heterocycles. The lowest BCUT2D eigenvalue weighted by Crippen LogP contribution is -2.23. The summed E-state index contributed by atoms with van der Waals surface area (Å²) in [6.07, 6.45) is 5.89. The van der Waals surface area contributed by atoms with E-state index in [9.17, 15) is 0 Å². The summed E-state index contributed by atoms with van der Waals surface area (Å²) in [4.78, 5) is 4.24. The van der Waals surface area contributed by atoms with Gasteiger partial charge in [-0.2, -0.15) is 0 Å². The molecule has 2 aromatic rings. The quantitative estimate of drug-likeness (QED) is 0.639. The monoisotopic (exact) mass is 450 g/mol. The van der Waals surface area contributed by atoms with E-state index in [0.29, 0.717) is 6.04 Å². The van der Waals surface area contributed by atoms with Crippen LogP contribution in [0.5, 0.6) is 0 Å². The van der Waals surface area contributed by atoms with Crippen LogP contribution in [0.15, 0.2) is 34.4 Å². The molecule has 0 saturated carbocycles. The summed E-state index contributed by atoms with van der Waals surface area (Å²) in [5.41, 5.74) is 2.63. The molecule has 0 aliphatic carbocycles. The van der Waals surface area contributed by atoms with Gasteiger partial charge in [-0.1, -0.05) is 6.92 Å². The van der Waals surface area contributed by atoms with E-state index in [0.717, 1.165) is 23.9 Å². The van der Waals surface area contributed by atoms with Gasteiger partial charge in [0.25, 0.3) is 0 Å². The molecule has 0 fully saturated rings. The van der Waals surface area contributed by atoms with Crippen molar-refractivity contribution in [1.82, 2.24) is 10.3 Å². The number of nitrogens with one attached hydrogen (secondary N) is 1. The van der Waals surface area contributed by atoms with Gasteiger partial charge in [0, 0.05) is 22.9 Å². The maximum atomic E-state index is 4.24. The fourth-order valence-corrected chi connectivity index (χ4v) is 3.77. The molecule has 0 aliphatic rings. The molecule has 0 spiro atoms. The molecule has 2 rings (SSSR count). The average molecular weight is 451 g/mol. The second-order valence-electron chi connectivity index (χ2n) is 4.41. The maximum absolute atomic E-state index is 4.24. The Labute approximate surface area is 140 Å². The zero-order valence-electron chi connectivity index (χ0n) is 10.7. The number of hydrogen-bond donors (Lipinski definition) is 1. The predicted molar refractivity (Wildman–Crippen MR) is 93.7 cm³/mol. The summed E-state index contributed by atoms with van der Waals surface area (Å²) < 4.78 is 2.38. The maximum Gasteiger partial charge on any atom is 0.0656 e. The molecule has 1 N–H and O–H groups in total. The Bertz CT molecular complexity index is 530. The number of halogens is 2. The number of hydrogen-bond acceptors (Lipinski definition) is 3. The molecular formula is C14H16BrIN2S. The van der Waals surface area contributed by atoms with Crippen molar-refractivity contribution in [2.45, 2.75) is 25.8 Å². The molecule has 5 heteroatoms. The Morgan fingerprint density at radius 1 is 1.42 bits per heavy atom. The summed E-state index contributed by atoms with van der Waals surface area (Å²) in [5, 5.41) is 5.88. The van der Waals surface area contributed by atoms with Crippen LogP contribution in [-0.2, 0) is 6.42 Å². The van der Waals surface area contributed by atoms with E-state index in [1.807, 2.05) is 12.4 Å². The molecular weight excluding hydrogens is 435 g/mol. The van der Waals surface area contributed by atoms with Crippen LogP contribution in [0, 0.1) is 2.88 Å². The summed E-state index contributed by atoms with van der Waals surface area (Å²) in [7, 11) is 0. The summed E-state index contributed by atoms with van der Waals surface area (Å²) in [6.45, 7) is 3.24. The molecule has 19 heavy (non-hydrogen) atoms. The molecule has 0 saturated heterocycles. The average Bonchev–Trinajstić information content (AvgIpc) is 2.81.